The Bertz CT molecular complexity index is 550. The van der Waals surface area contributed by atoms with Gasteiger partial charge in [-0.1, -0.05) is 0 Å². The van der Waals surface area contributed by atoms with E-state index in [0.29, 0.717) is 18.2 Å². The largest absolute Gasteiger partial charge is 0.494 e. The van der Waals surface area contributed by atoms with Crippen LogP contribution in [0.5, 0.6) is 5.75 Å². The monoisotopic (exact) mass is 332 g/mol. The maximum atomic E-state index is 12.4. The van der Waals surface area contributed by atoms with Crippen molar-refractivity contribution >= 4 is 11.7 Å². The molecule has 0 spiro atoms. The highest BCUT2D eigenvalue weighted by atomic mass is 16.5. The number of ether oxygens (including phenoxy) is 1. The van der Waals surface area contributed by atoms with Gasteiger partial charge in [0.2, 0.25) is 5.91 Å². The first kappa shape index (κ1) is 18.5. The molecule has 132 valence electrons. The molecular weight excluding hydrogens is 304 g/mol. The third kappa shape index (κ3) is 5.64. The molecule has 0 heterocycles. The molecule has 0 radical (unpaired) electrons. The minimum absolute atomic E-state index is 0.00903. The molecule has 24 heavy (non-hydrogen) atoms. The second kappa shape index (κ2) is 8.83. The number of amides is 1. The highest BCUT2D eigenvalue weighted by Gasteiger charge is 2.32. The Labute approximate surface area is 144 Å². The number of hydrogen-bond acceptors (Lipinski definition) is 4. The topological polar surface area (TPSA) is 49.9 Å². The van der Waals surface area contributed by atoms with Crippen molar-refractivity contribution < 1.29 is 14.3 Å². The summed E-state index contributed by atoms with van der Waals surface area (Å²) in [7, 11) is 4.01. The summed E-state index contributed by atoms with van der Waals surface area (Å²) in [6.07, 6.45) is 2.73. The van der Waals surface area contributed by atoms with Gasteiger partial charge < -0.3 is 14.5 Å². The van der Waals surface area contributed by atoms with E-state index in [1.807, 2.05) is 25.9 Å². The molecule has 1 aromatic rings. The predicted molar refractivity (Wildman–Crippen MR) is 94.5 cm³/mol. The molecular formula is C19H28N2O3. The van der Waals surface area contributed by atoms with Gasteiger partial charge in [-0.15, -0.1) is 0 Å². The van der Waals surface area contributed by atoms with Crippen LogP contribution in [0.2, 0.25) is 0 Å². The molecule has 0 N–H and O–H groups in total. The average molecular weight is 332 g/mol. The van der Waals surface area contributed by atoms with E-state index in [-0.39, 0.29) is 24.5 Å². The van der Waals surface area contributed by atoms with Crippen molar-refractivity contribution in [1.82, 2.24) is 9.80 Å². The van der Waals surface area contributed by atoms with Crippen molar-refractivity contribution in [3.8, 4) is 5.75 Å². The number of ketones is 1. The van der Waals surface area contributed by atoms with Crippen LogP contribution in [0.1, 0.15) is 43.0 Å². The third-order valence-corrected chi connectivity index (χ3v) is 4.15. The standard InChI is InChI=1S/C19H28N2O3/c1-4-24-17-9-5-15(6-10-17)18(22)11-12-19(23)21(16-7-8-16)14-13-20(2)3/h5-6,9-10,16H,4,7-8,11-14H2,1-3H3. The van der Waals surface area contributed by atoms with E-state index >= 15 is 0 Å². The lowest BCUT2D eigenvalue weighted by molar-refractivity contribution is -0.131. The van der Waals surface area contributed by atoms with E-state index in [4.69, 9.17) is 4.74 Å². The SMILES string of the molecule is CCOc1ccc(C(=O)CCC(=O)N(CCN(C)C)C2CC2)cc1. The zero-order valence-corrected chi connectivity index (χ0v) is 15.0. The van der Waals surface area contributed by atoms with Gasteiger partial charge >= 0.3 is 0 Å². The normalized spacial score (nSPS) is 13.8. The van der Waals surface area contributed by atoms with E-state index in [0.717, 1.165) is 31.7 Å². The summed E-state index contributed by atoms with van der Waals surface area (Å²) in [5, 5.41) is 0. The molecule has 1 aliphatic rings. The van der Waals surface area contributed by atoms with Crippen LogP contribution in [0.25, 0.3) is 0 Å². The number of nitrogens with zero attached hydrogens (tertiary/aromatic N) is 2. The smallest absolute Gasteiger partial charge is 0.223 e. The van der Waals surface area contributed by atoms with E-state index in [1.54, 1.807) is 24.3 Å². The first-order valence-electron chi connectivity index (χ1n) is 8.71. The molecule has 0 aromatic heterocycles. The Morgan fingerprint density at radius 1 is 1.08 bits per heavy atom. The van der Waals surface area contributed by atoms with Crippen LogP contribution >= 0.6 is 0 Å². The Hall–Kier alpha value is -1.88. The summed E-state index contributed by atoms with van der Waals surface area (Å²) >= 11 is 0. The van der Waals surface area contributed by atoms with E-state index in [9.17, 15) is 9.59 Å². The van der Waals surface area contributed by atoms with Crippen LogP contribution in [0.4, 0.5) is 0 Å². The summed E-state index contributed by atoms with van der Waals surface area (Å²) in [5.41, 5.74) is 0.637. The number of benzene rings is 1. The van der Waals surface area contributed by atoms with Crippen LogP contribution in [-0.2, 0) is 4.79 Å². The van der Waals surface area contributed by atoms with Crippen molar-refractivity contribution in [3.63, 3.8) is 0 Å². The molecule has 1 aliphatic carbocycles. The van der Waals surface area contributed by atoms with Crippen molar-refractivity contribution in [2.45, 2.75) is 38.6 Å². The minimum Gasteiger partial charge on any atom is -0.494 e. The molecule has 0 aliphatic heterocycles. The van der Waals surface area contributed by atoms with Gasteiger partial charge in [-0.2, -0.15) is 0 Å². The second-order valence-corrected chi connectivity index (χ2v) is 6.50. The van der Waals surface area contributed by atoms with Crippen molar-refractivity contribution in [2.75, 3.05) is 33.8 Å². The maximum absolute atomic E-state index is 12.4. The fourth-order valence-electron chi connectivity index (χ4n) is 2.62. The molecule has 1 fully saturated rings. The van der Waals surface area contributed by atoms with Crippen molar-refractivity contribution in [3.05, 3.63) is 29.8 Å². The molecule has 0 bridgehead atoms. The second-order valence-electron chi connectivity index (χ2n) is 6.50. The minimum atomic E-state index is 0.00903. The van der Waals surface area contributed by atoms with Crippen LogP contribution in [0.15, 0.2) is 24.3 Å². The third-order valence-electron chi connectivity index (χ3n) is 4.15. The fourth-order valence-corrected chi connectivity index (χ4v) is 2.62. The van der Waals surface area contributed by atoms with Crippen molar-refractivity contribution in [2.24, 2.45) is 0 Å². The lowest BCUT2D eigenvalue weighted by Crippen LogP contribution is -2.38. The molecule has 0 unspecified atom stereocenters. The van der Waals surface area contributed by atoms with Gasteiger partial charge in [-0.3, -0.25) is 9.59 Å². The lowest BCUT2D eigenvalue weighted by Gasteiger charge is -2.24. The van der Waals surface area contributed by atoms with Crippen LogP contribution in [-0.4, -0.2) is 61.3 Å². The number of rotatable bonds is 10. The summed E-state index contributed by atoms with van der Waals surface area (Å²) in [4.78, 5) is 28.7. The summed E-state index contributed by atoms with van der Waals surface area (Å²) in [6.45, 7) is 4.13. The van der Waals surface area contributed by atoms with Gasteiger partial charge in [-0.25, -0.2) is 0 Å². The molecule has 1 saturated carbocycles. The Balaban J connectivity index is 1.83. The van der Waals surface area contributed by atoms with Gasteiger partial charge in [0.15, 0.2) is 5.78 Å². The first-order chi connectivity index (χ1) is 11.5. The zero-order chi connectivity index (χ0) is 17.5. The Kier molecular flexibility index (Phi) is 6.79. The van der Waals surface area contributed by atoms with E-state index in [1.165, 1.54) is 0 Å². The van der Waals surface area contributed by atoms with E-state index < -0.39 is 0 Å². The molecule has 2 rings (SSSR count). The Morgan fingerprint density at radius 2 is 1.75 bits per heavy atom. The maximum Gasteiger partial charge on any atom is 0.223 e. The summed E-state index contributed by atoms with van der Waals surface area (Å²) < 4.78 is 5.37. The summed E-state index contributed by atoms with van der Waals surface area (Å²) in [5.74, 6) is 0.863. The number of carbonyl (C=O) groups is 2. The summed E-state index contributed by atoms with van der Waals surface area (Å²) in [6, 6.07) is 7.52. The fraction of sp³-hybridized carbons (Fsp3) is 0.579. The first-order valence-corrected chi connectivity index (χ1v) is 8.71. The number of Topliss-reactive ketones (excluding diaryl/α,β-unsaturated/α-hetero) is 1. The Morgan fingerprint density at radius 3 is 2.29 bits per heavy atom. The lowest BCUT2D eigenvalue weighted by atomic mass is 10.1. The quantitative estimate of drug-likeness (QED) is 0.618. The molecule has 0 saturated heterocycles. The van der Waals surface area contributed by atoms with Crippen LogP contribution < -0.4 is 4.74 Å². The van der Waals surface area contributed by atoms with Crippen molar-refractivity contribution in [1.29, 1.82) is 0 Å². The van der Waals surface area contributed by atoms with Gasteiger partial charge in [0.25, 0.3) is 0 Å². The molecule has 5 heteroatoms. The van der Waals surface area contributed by atoms with Gasteiger partial charge in [0.05, 0.1) is 6.61 Å². The zero-order valence-electron chi connectivity index (χ0n) is 15.0. The highest BCUT2D eigenvalue weighted by Crippen LogP contribution is 2.27. The predicted octanol–water partition coefficient (Wildman–Crippen LogP) is 2.60. The molecule has 0 atom stereocenters. The van der Waals surface area contributed by atoms with Crippen LogP contribution in [0.3, 0.4) is 0 Å². The van der Waals surface area contributed by atoms with E-state index in [2.05, 4.69) is 4.90 Å². The molecule has 5 nitrogen and oxygen atoms in total. The number of hydrogen-bond donors (Lipinski definition) is 0. The van der Waals surface area contributed by atoms with Gasteiger partial charge in [0.1, 0.15) is 5.75 Å². The average Bonchev–Trinajstić information content (AvgIpc) is 3.38. The van der Waals surface area contributed by atoms with Crippen LogP contribution in [0, 0.1) is 0 Å². The van der Waals surface area contributed by atoms with Gasteiger partial charge in [-0.05, 0) is 58.1 Å². The molecule has 1 amide bonds. The number of carbonyl (C=O) groups excluding carboxylic acids is 2. The van der Waals surface area contributed by atoms with Gasteiger partial charge in [0, 0.05) is 37.5 Å². The molecule has 1 aromatic carbocycles. The number of likely N-dealkylation sites (N-methyl/N-ethyl adjacent to an activating group) is 1. The highest BCUT2D eigenvalue weighted by molar-refractivity contribution is 5.98.